The Morgan fingerprint density at radius 3 is 2.83 bits per heavy atom. The van der Waals surface area contributed by atoms with E-state index in [0.717, 1.165) is 6.07 Å². The van der Waals surface area contributed by atoms with Gasteiger partial charge in [-0.1, -0.05) is 0 Å². The van der Waals surface area contributed by atoms with Crippen molar-refractivity contribution in [3.05, 3.63) is 38.9 Å². The van der Waals surface area contributed by atoms with Crippen LogP contribution in [0.5, 0.6) is 0 Å². The molecule has 0 atom stereocenters. The Morgan fingerprint density at radius 2 is 2.17 bits per heavy atom. The summed E-state index contributed by atoms with van der Waals surface area (Å²) in [6, 6.07) is 1.07. The van der Waals surface area contributed by atoms with E-state index in [9.17, 15) is 18.4 Å². The van der Waals surface area contributed by atoms with E-state index in [1.165, 1.54) is 22.4 Å². The molecular weight excluding hydrogens is 390 g/mol. The minimum Gasteiger partial charge on any atom is -0.448 e. The number of imidazole rings is 1. The first-order valence-electron chi connectivity index (χ1n) is 6.76. The Morgan fingerprint density at radius 1 is 1.46 bits per heavy atom. The number of fused-ring (bicyclic) bond motifs is 3. The molecule has 0 spiro atoms. The van der Waals surface area contributed by atoms with Crippen LogP contribution in [-0.2, 0) is 18.3 Å². The van der Waals surface area contributed by atoms with Crippen molar-refractivity contribution in [3.8, 4) is 0 Å². The summed E-state index contributed by atoms with van der Waals surface area (Å²) in [5, 5.41) is -0.00227. The molecule has 0 fully saturated rings. The highest BCUT2D eigenvalue weighted by Gasteiger charge is 2.20. The number of benzene rings is 1. The number of halogens is 3. The predicted octanol–water partition coefficient (Wildman–Crippen LogP) is 2.02. The monoisotopic (exact) mass is 400 g/mol. The van der Waals surface area contributed by atoms with Gasteiger partial charge in [-0.05, 0) is 15.9 Å². The molecule has 0 aliphatic carbocycles. The summed E-state index contributed by atoms with van der Waals surface area (Å²) in [5.74, 6) is -1.66. The predicted molar refractivity (Wildman–Crippen MR) is 85.6 cm³/mol. The molecular formula is C14H11BrF2N4O3. The van der Waals surface area contributed by atoms with Crippen LogP contribution >= 0.6 is 15.9 Å². The van der Waals surface area contributed by atoms with Crippen LogP contribution in [0.25, 0.3) is 21.9 Å². The minimum atomic E-state index is -0.981. The van der Waals surface area contributed by atoms with Gasteiger partial charge in [-0.2, -0.15) is 0 Å². The van der Waals surface area contributed by atoms with Crippen molar-refractivity contribution >= 4 is 44.0 Å². The van der Waals surface area contributed by atoms with Gasteiger partial charge in [0.2, 0.25) is 0 Å². The zero-order valence-corrected chi connectivity index (χ0v) is 13.9. The van der Waals surface area contributed by atoms with Gasteiger partial charge in [0.15, 0.2) is 5.82 Å². The fourth-order valence-electron chi connectivity index (χ4n) is 2.57. The summed E-state index contributed by atoms with van der Waals surface area (Å²) in [4.78, 5) is 27.1. The third kappa shape index (κ3) is 2.42. The van der Waals surface area contributed by atoms with E-state index in [1.807, 2.05) is 0 Å². The number of carbonyl (C=O) groups is 1. The van der Waals surface area contributed by atoms with Gasteiger partial charge < -0.3 is 10.5 Å². The van der Waals surface area contributed by atoms with Crippen molar-refractivity contribution in [2.24, 2.45) is 12.8 Å². The van der Waals surface area contributed by atoms with E-state index in [0.29, 0.717) is 5.52 Å². The molecule has 0 saturated heterocycles. The number of carbonyl (C=O) groups excluding carboxylic acids is 1. The number of rotatable bonds is 3. The number of hydrogen-bond acceptors (Lipinski definition) is 4. The fourth-order valence-corrected chi connectivity index (χ4v) is 2.89. The maximum absolute atomic E-state index is 14.6. The number of hydrogen-bond donors (Lipinski definition) is 1. The summed E-state index contributed by atoms with van der Waals surface area (Å²) in [7, 11) is 1.50. The molecule has 1 amide bonds. The van der Waals surface area contributed by atoms with Crippen molar-refractivity contribution in [1.29, 1.82) is 0 Å². The molecule has 3 rings (SSSR count). The molecule has 2 aromatic heterocycles. The SMILES string of the molecule is Cn1c(=O)n(CCOC(N)=O)c2c3c(F)c(Br)c(F)cc3ncc21. The van der Waals surface area contributed by atoms with Crippen LogP contribution in [0, 0.1) is 11.6 Å². The summed E-state index contributed by atoms with van der Waals surface area (Å²) in [6.07, 6.45) is 0.378. The maximum Gasteiger partial charge on any atom is 0.404 e. The van der Waals surface area contributed by atoms with Crippen LogP contribution in [-0.4, -0.2) is 26.8 Å². The second-order valence-corrected chi connectivity index (χ2v) is 5.83. The molecule has 0 saturated carbocycles. The first-order chi connectivity index (χ1) is 11.3. The molecule has 1 aromatic carbocycles. The van der Waals surface area contributed by atoms with Crippen molar-refractivity contribution in [3.63, 3.8) is 0 Å². The van der Waals surface area contributed by atoms with Gasteiger partial charge in [0.05, 0.1) is 39.2 Å². The number of amides is 1. The standard InChI is InChI=1S/C14H11BrF2N4O3/c1-20-8-5-19-7-4-6(16)10(15)11(17)9(7)12(8)21(14(20)23)2-3-24-13(18)22/h4-5H,2-3H2,1H3,(H2,18,22). The van der Waals surface area contributed by atoms with E-state index in [-0.39, 0.29) is 34.0 Å². The summed E-state index contributed by atoms with van der Waals surface area (Å²) in [6.45, 7) is -0.200. The third-order valence-corrected chi connectivity index (χ3v) is 4.38. The summed E-state index contributed by atoms with van der Waals surface area (Å²) >= 11 is 2.85. The zero-order chi connectivity index (χ0) is 17.6. The van der Waals surface area contributed by atoms with Gasteiger partial charge in [-0.3, -0.25) is 14.1 Å². The molecule has 3 aromatic rings. The lowest BCUT2D eigenvalue weighted by Crippen LogP contribution is -2.25. The first kappa shape index (κ1) is 16.4. The average molecular weight is 401 g/mol. The van der Waals surface area contributed by atoms with E-state index in [2.05, 4.69) is 25.7 Å². The first-order valence-corrected chi connectivity index (χ1v) is 7.56. The number of primary amides is 1. The molecule has 0 aliphatic heterocycles. The molecule has 24 heavy (non-hydrogen) atoms. The van der Waals surface area contributed by atoms with E-state index < -0.39 is 23.4 Å². The highest BCUT2D eigenvalue weighted by Crippen LogP contribution is 2.31. The van der Waals surface area contributed by atoms with Crippen LogP contribution in [0.15, 0.2) is 21.5 Å². The van der Waals surface area contributed by atoms with Gasteiger partial charge >= 0.3 is 11.8 Å². The Balaban J connectivity index is 2.34. The number of aryl methyl sites for hydroxylation is 1. The maximum atomic E-state index is 14.6. The Bertz CT molecular complexity index is 1040. The topological polar surface area (TPSA) is 92.1 Å². The van der Waals surface area contributed by atoms with Crippen molar-refractivity contribution in [1.82, 2.24) is 14.1 Å². The smallest absolute Gasteiger partial charge is 0.404 e. The van der Waals surface area contributed by atoms with Crippen molar-refractivity contribution in [2.45, 2.75) is 6.54 Å². The lowest BCUT2D eigenvalue weighted by Gasteiger charge is -2.08. The molecule has 2 N–H and O–H groups in total. The number of pyridine rings is 1. The number of ether oxygens (including phenoxy) is 1. The molecule has 2 heterocycles. The zero-order valence-electron chi connectivity index (χ0n) is 12.3. The summed E-state index contributed by atoms with van der Waals surface area (Å²) in [5.41, 5.74) is 5.11. The van der Waals surface area contributed by atoms with Gasteiger partial charge in [0.25, 0.3) is 0 Å². The Labute approximate surface area is 141 Å². The number of nitrogens with two attached hydrogens (primary N) is 1. The second kappa shape index (κ2) is 5.86. The van der Waals surface area contributed by atoms with Crippen LogP contribution in [0.3, 0.4) is 0 Å². The molecule has 0 unspecified atom stereocenters. The number of nitrogens with zero attached hydrogens (tertiary/aromatic N) is 3. The Kier molecular flexibility index (Phi) is 3.99. The fraction of sp³-hybridized carbons (Fsp3) is 0.214. The third-order valence-electron chi connectivity index (χ3n) is 3.66. The van der Waals surface area contributed by atoms with Crippen LogP contribution in [0.1, 0.15) is 0 Å². The lowest BCUT2D eigenvalue weighted by molar-refractivity contribution is 0.152. The minimum absolute atomic E-state index is 0.00227. The highest BCUT2D eigenvalue weighted by atomic mass is 79.9. The molecule has 0 aliphatic rings. The second-order valence-electron chi connectivity index (χ2n) is 5.03. The van der Waals surface area contributed by atoms with Gasteiger partial charge in [-0.15, -0.1) is 0 Å². The molecule has 0 bridgehead atoms. The normalized spacial score (nSPS) is 11.3. The van der Waals surface area contributed by atoms with Gasteiger partial charge in [0, 0.05) is 13.1 Å². The van der Waals surface area contributed by atoms with E-state index in [1.54, 1.807) is 0 Å². The highest BCUT2D eigenvalue weighted by molar-refractivity contribution is 9.10. The molecule has 0 radical (unpaired) electrons. The molecule has 126 valence electrons. The Hall–Kier alpha value is -2.49. The number of aromatic nitrogens is 3. The van der Waals surface area contributed by atoms with Crippen molar-refractivity contribution in [2.75, 3.05) is 6.61 Å². The van der Waals surface area contributed by atoms with Crippen molar-refractivity contribution < 1.29 is 18.3 Å². The largest absolute Gasteiger partial charge is 0.448 e. The lowest BCUT2D eigenvalue weighted by atomic mass is 10.1. The van der Waals surface area contributed by atoms with E-state index >= 15 is 0 Å². The van der Waals surface area contributed by atoms with Gasteiger partial charge in [0.1, 0.15) is 12.4 Å². The van der Waals surface area contributed by atoms with E-state index in [4.69, 9.17) is 5.73 Å². The van der Waals surface area contributed by atoms with Crippen LogP contribution < -0.4 is 11.4 Å². The van der Waals surface area contributed by atoms with Gasteiger partial charge in [-0.25, -0.2) is 18.4 Å². The summed E-state index contributed by atoms with van der Waals surface area (Å²) < 4.78 is 35.1. The quantitative estimate of drug-likeness (QED) is 0.680. The average Bonchev–Trinajstić information content (AvgIpc) is 2.77. The molecule has 10 heteroatoms. The van der Waals surface area contributed by atoms with Crippen LogP contribution in [0.2, 0.25) is 0 Å². The molecule has 7 nitrogen and oxygen atoms in total. The van der Waals surface area contributed by atoms with Crippen LogP contribution in [0.4, 0.5) is 13.6 Å².